The van der Waals surface area contributed by atoms with Gasteiger partial charge >= 0.3 is 5.97 Å². The molecule has 12 heteroatoms. The molecule has 0 heterocycles. The molecule has 0 aliphatic heterocycles. The van der Waals surface area contributed by atoms with E-state index in [9.17, 15) is 24.3 Å². The quantitative estimate of drug-likeness (QED) is 0.0890. The monoisotopic (exact) mass is 490 g/mol. The summed E-state index contributed by atoms with van der Waals surface area (Å²) in [6.07, 6.45) is 3.56. The van der Waals surface area contributed by atoms with Crippen LogP contribution in [0.1, 0.15) is 58.8 Å². The van der Waals surface area contributed by atoms with Crippen LogP contribution < -0.4 is 33.2 Å². The number of nitrogens with one attached hydrogen (secondary N) is 3. The number of carboxylic acid groups (broad SMARTS) is 1. The summed E-state index contributed by atoms with van der Waals surface area (Å²) in [5, 5.41) is 17.1. The molecule has 192 valence electrons. The first kappa shape index (κ1) is 31.1. The number of hydrogen-bond donors (Lipinski definition) is 8. The molecule has 0 fully saturated rings. The SMILES string of the molecule is CCC(C)C(N)C(=O)NC(CS)C(=O)NC(CCCCN)C(=O)NC(CCCCN)C(=O)O. The van der Waals surface area contributed by atoms with Gasteiger partial charge in [-0.25, -0.2) is 4.79 Å². The van der Waals surface area contributed by atoms with Crippen molar-refractivity contribution in [3.05, 3.63) is 0 Å². The zero-order chi connectivity index (χ0) is 25.4. The molecule has 0 bridgehead atoms. The Hall–Kier alpha value is -1.89. The first-order chi connectivity index (χ1) is 15.6. The van der Waals surface area contributed by atoms with E-state index in [-0.39, 0.29) is 24.5 Å². The van der Waals surface area contributed by atoms with Gasteiger partial charge in [0, 0.05) is 5.75 Å². The minimum Gasteiger partial charge on any atom is -0.480 e. The second-order valence-electron chi connectivity index (χ2n) is 8.18. The van der Waals surface area contributed by atoms with Gasteiger partial charge in [0.1, 0.15) is 18.1 Å². The van der Waals surface area contributed by atoms with E-state index in [1.54, 1.807) is 0 Å². The fraction of sp³-hybridized carbons (Fsp3) is 0.810. The lowest BCUT2D eigenvalue weighted by atomic mass is 9.99. The molecule has 0 aliphatic carbocycles. The van der Waals surface area contributed by atoms with Crippen LogP contribution in [0.5, 0.6) is 0 Å². The van der Waals surface area contributed by atoms with Crippen LogP contribution in [0.15, 0.2) is 0 Å². The Morgan fingerprint density at radius 1 is 0.818 bits per heavy atom. The van der Waals surface area contributed by atoms with E-state index in [1.807, 2.05) is 13.8 Å². The van der Waals surface area contributed by atoms with Crippen molar-refractivity contribution in [2.75, 3.05) is 18.8 Å². The highest BCUT2D eigenvalue weighted by Gasteiger charge is 2.30. The lowest BCUT2D eigenvalue weighted by Crippen LogP contribution is -2.58. The molecule has 5 atom stereocenters. The van der Waals surface area contributed by atoms with Crippen LogP contribution in [0.2, 0.25) is 0 Å². The molecule has 0 saturated heterocycles. The number of amides is 3. The van der Waals surface area contributed by atoms with Gasteiger partial charge in [0.15, 0.2) is 0 Å². The third-order valence-corrected chi connectivity index (χ3v) is 5.88. The summed E-state index contributed by atoms with van der Waals surface area (Å²) < 4.78 is 0. The molecule has 0 rings (SSSR count). The largest absolute Gasteiger partial charge is 0.480 e. The van der Waals surface area contributed by atoms with Crippen LogP contribution in [-0.2, 0) is 19.2 Å². The van der Waals surface area contributed by atoms with E-state index in [2.05, 4.69) is 28.6 Å². The topological polar surface area (TPSA) is 203 Å². The summed E-state index contributed by atoms with van der Waals surface area (Å²) >= 11 is 4.14. The Morgan fingerprint density at radius 2 is 1.27 bits per heavy atom. The molecule has 11 nitrogen and oxygen atoms in total. The van der Waals surface area contributed by atoms with E-state index in [0.717, 1.165) is 0 Å². The molecule has 0 spiro atoms. The second kappa shape index (κ2) is 17.6. The molecular weight excluding hydrogens is 448 g/mol. The highest BCUT2D eigenvalue weighted by atomic mass is 32.1. The number of aliphatic carboxylic acids is 1. The van der Waals surface area contributed by atoms with Gasteiger partial charge in [0.05, 0.1) is 6.04 Å². The lowest BCUT2D eigenvalue weighted by molar-refractivity contribution is -0.142. The van der Waals surface area contributed by atoms with Crippen LogP contribution in [0.3, 0.4) is 0 Å². The van der Waals surface area contributed by atoms with E-state index in [4.69, 9.17) is 17.2 Å². The highest BCUT2D eigenvalue weighted by Crippen LogP contribution is 2.08. The summed E-state index contributed by atoms with van der Waals surface area (Å²) in [7, 11) is 0. The van der Waals surface area contributed by atoms with Gasteiger partial charge < -0.3 is 38.3 Å². The molecule has 33 heavy (non-hydrogen) atoms. The van der Waals surface area contributed by atoms with E-state index in [1.165, 1.54) is 0 Å². The van der Waals surface area contributed by atoms with Crippen molar-refractivity contribution in [2.45, 2.75) is 83.0 Å². The van der Waals surface area contributed by atoms with E-state index < -0.39 is 47.9 Å². The fourth-order valence-electron chi connectivity index (χ4n) is 3.03. The van der Waals surface area contributed by atoms with Gasteiger partial charge in [-0.3, -0.25) is 14.4 Å². The molecule has 0 aromatic carbocycles. The fourth-order valence-corrected chi connectivity index (χ4v) is 3.29. The number of carbonyl (C=O) groups is 4. The number of carbonyl (C=O) groups excluding carboxylic acids is 3. The first-order valence-corrected chi connectivity index (χ1v) is 12.2. The summed E-state index contributed by atoms with van der Waals surface area (Å²) in [5.41, 5.74) is 16.9. The summed E-state index contributed by atoms with van der Waals surface area (Å²) in [4.78, 5) is 49.5. The summed E-state index contributed by atoms with van der Waals surface area (Å²) in [6, 6.07) is -3.85. The van der Waals surface area contributed by atoms with Gasteiger partial charge in [-0.2, -0.15) is 12.6 Å². The maximum Gasteiger partial charge on any atom is 0.326 e. The van der Waals surface area contributed by atoms with Crippen LogP contribution in [0.4, 0.5) is 0 Å². The Morgan fingerprint density at radius 3 is 1.73 bits per heavy atom. The number of carboxylic acids is 1. The van der Waals surface area contributed by atoms with Gasteiger partial charge in [0.25, 0.3) is 0 Å². The maximum atomic E-state index is 12.8. The molecule has 0 aliphatic rings. The van der Waals surface area contributed by atoms with Gasteiger partial charge in [-0.15, -0.1) is 0 Å². The minimum atomic E-state index is -1.16. The van der Waals surface area contributed by atoms with Crippen molar-refractivity contribution in [1.82, 2.24) is 16.0 Å². The van der Waals surface area contributed by atoms with Crippen LogP contribution >= 0.6 is 12.6 Å². The summed E-state index contributed by atoms with van der Waals surface area (Å²) in [5.74, 6) is -2.92. The Balaban J connectivity index is 5.26. The Kier molecular flexibility index (Phi) is 16.6. The average molecular weight is 491 g/mol. The first-order valence-electron chi connectivity index (χ1n) is 11.5. The molecule has 5 unspecified atom stereocenters. The minimum absolute atomic E-state index is 0.00121. The smallest absolute Gasteiger partial charge is 0.326 e. The predicted octanol–water partition coefficient (Wildman–Crippen LogP) is -0.913. The van der Waals surface area contributed by atoms with Crippen molar-refractivity contribution in [2.24, 2.45) is 23.1 Å². The normalized spacial score (nSPS) is 15.6. The average Bonchev–Trinajstić information content (AvgIpc) is 2.79. The van der Waals surface area contributed by atoms with Crippen LogP contribution in [0.25, 0.3) is 0 Å². The standard InChI is InChI=1S/C21H42N6O5S/c1-3-13(2)17(24)20(30)27-16(12-33)19(29)25-14(8-4-6-10-22)18(28)26-15(21(31)32)9-5-7-11-23/h13-17,33H,3-12,22-24H2,1-2H3,(H,25,29)(H,26,28)(H,27,30)(H,31,32). The van der Waals surface area contributed by atoms with Gasteiger partial charge in [-0.1, -0.05) is 20.3 Å². The zero-order valence-corrected chi connectivity index (χ0v) is 20.6. The van der Waals surface area contributed by atoms with Crippen molar-refractivity contribution in [3.8, 4) is 0 Å². The third-order valence-electron chi connectivity index (χ3n) is 5.52. The van der Waals surface area contributed by atoms with E-state index >= 15 is 0 Å². The number of thiol groups is 1. The van der Waals surface area contributed by atoms with Crippen LogP contribution in [-0.4, -0.2) is 71.8 Å². The van der Waals surface area contributed by atoms with Crippen molar-refractivity contribution in [1.29, 1.82) is 0 Å². The molecule has 0 radical (unpaired) electrons. The molecule has 0 saturated carbocycles. The molecule has 10 N–H and O–H groups in total. The third kappa shape index (κ3) is 12.2. The number of nitrogens with two attached hydrogens (primary N) is 3. The molecule has 0 aromatic heterocycles. The Labute approximate surface area is 201 Å². The molecule has 0 aromatic rings. The van der Waals surface area contributed by atoms with Gasteiger partial charge in [-0.05, 0) is 57.5 Å². The Bertz CT molecular complexity index is 624. The predicted molar refractivity (Wildman–Crippen MR) is 131 cm³/mol. The van der Waals surface area contributed by atoms with Crippen molar-refractivity contribution in [3.63, 3.8) is 0 Å². The van der Waals surface area contributed by atoms with Crippen LogP contribution in [0, 0.1) is 5.92 Å². The lowest BCUT2D eigenvalue weighted by Gasteiger charge is -2.25. The van der Waals surface area contributed by atoms with E-state index in [0.29, 0.717) is 45.2 Å². The number of hydrogen-bond acceptors (Lipinski definition) is 8. The highest BCUT2D eigenvalue weighted by molar-refractivity contribution is 7.80. The van der Waals surface area contributed by atoms with Crippen molar-refractivity contribution >= 4 is 36.3 Å². The zero-order valence-electron chi connectivity index (χ0n) is 19.7. The van der Waals surface area contributed by atoms with Crippen molar-refractivity contribution < 1.29 is 24.3 Å². The van der Waals surface area contributed by atoms with Gasteiger partial charge in [0.2, 0.25) is 17.7 Å². The maximum absolute atomic E-state index is 12.8. The number of unbranched alkanes of at least 4 members (excludes halogenated alkanes) is 2. The number of rotatable bonds is 18. The summed E-state index contributed by atoms with van der Waals surface area (Å²) in [6.45, 7) is 4.59. The molecule has 3 amide bonds. The molecular formula is C21H42N6O5S. The second-order valence-corrected chi connectivity index (χ2v) is 8.55.